The third kappa shape index (κ3) is 8.19. The lowest BCUT2D eigenvalue weighted by Crippen LogP contribution is -2.28. The quantitative estimate of drug-likeness (QED) is 0.265. The Bertz CT molecular complexity index is 884. The number of aliphatic hydroxyl groups is 1. The van der Waals surface area contributed by atoms with E-state index in [1.54, 1.807) is 30.4 Å². The average molecular weight is 440 g/mol. The number of carbonyl (C=O) groups excluding carboxylic acids is 2. The van der Waals surface area contributed by atoms with E-state index in [0.29, 0.717) is 24.8 Å². The molecule has 3 N–H and O–H groups in total. The smallest absolute Gasteiger partial charge is 0.342 e. The largest absolute Gasteiger partial charge is 0.507 e. The zero-order valence-electron chi connectivity index (χ0n) is 18.7. The fourth-order valence-electron chi connectivity index (χ4n) is 3.34. The third-order valence-corrected chi connectivity index (χ3v) is 5.25. The van der Waals surface area contributed by atoms with Gasteiger partial charge in [-0.05, 0) is 36.8 Å². The maximum Gasteiger partial charge on any atom is 0.342 e. The van der Waals surface area contributed by atoms with Gasteiger partial charge in [-0.25, -0.2) is 4.79 Å². The predicted molar refractivity (Wildman–Crippen MR) is 125 cm³/mol. The van der Waals surface area contributed by atoms with Crippen LogP contribution in [0.5, 0.6) is 5.75 Å². The van der Waals surface area contributed by atoms with E-state index in [9.17, 15) is 19.8 Å². The third-order valence-electron chi connectivity index (χ3n) is 5.25. The maximum absolute atomic E-state index is 12.9. The Balaban J connectivity index is 2.11. The highest BCUT2D eigenvalue weighted by atomic mass is 16.5. The number of fused-ring (bicyclic) bond motifs is 1. The molecule has 6 heteroatoms. The van der Waals surface area contributed by atoms with E-state index in [0.717, 1.165) is 6.42 Å². The lowest BCUT2D eigenvalue weighted by atomic mass is 9.93. The molecule has 1 heterocycles. The molecule has 0 saturated heterocycles. The van der Waals surface area contributed by atoms with Crippen molar-refractivity contribution in [2.75, 3.05) is 0 Å². The first-order valence-corrected chi connectivity index (χ1v) is 11.1. The molecule has 1 aromatic carbocycles. The molecule has 3 unspecified atom stereocenters. The second kappa shape index (κ2) is 13.3. The number of phenolic OH excluding ortho intramolecular Hbond substituents is 1. The number of aliphatic hydroxyl groups excluding tert-OH is 1. The van der Waals surface area contributed by atoms with E-state index in [2.05, 4.69) is 5.32 Å². The number of esters is 1. The standard InChI is InChI=1S/C26H33NO5/c1-3-4-5-6-16-24(30)27-17-10-14-21-18-23(29)19(2)11-7-8-12-20-13-9-15-22(28)25(20)26(31)32-21/h4-10,13,15-17,19,21,23,28-29H,3,11-12,14,18H2,1-2H3,(H,27,30)/b5-4+,8-7-,16-6+,17-10+. The second-order valence-electron chi connectivity index (χ2n) is 7.87. The molecule has 0 aromatic heterocycles. The topological polar surface area (TPSA) is 95.9 Å². The number of hydrogen-bond acceptors (Lipinski definition) is 5. The number of amides is 1. The number of phenols is 1. The van der Waals surface area contributed by atoms with Crippen molar-refractivity contribution in [1.82, 2.24) is 5.32 Å². The summed E-state index contributed by atoms with van der Waals surface area (Å²) in [5.74, 6) is -1.02. The normalized spacial score (nSPS) is 23.5. The highest BCUT2D eigenvalue weighted by molar-refractivity contribution is 5.94. The van der Waals surface area contributed by atoms with Crippen LogP contribution < -0.4 is 5.32 Å². The van der Waals surface area contributed by atoms with Gasteiger partial charge in [0, 0.05) is 25.1 Å². The Hall–Kier alpha value is -3.12. The lowest BCUT2D eigenvalue weighted by Gasteiger charge is -2.24. The van der Waals surface area contributed by atoms with E-state index in [1.807, 2.05) is 32.1 Å². The second-order valence-corrected chi connectivity index (χ2v) is 7.87. The van der Waals surface area contributed by atoms with Crippen LogP contribution in [0.3, 0.4) is 0 Å². The Morgan fingerprint density at radius 2 is 2.06 bits per heavy atom. The van der Waals surface area contributed by atoms with Crippen LogP contribution in [0.25, 0.3) is 0 Å². The molecule has 172 valence electrons. The first kappa shape index (κ1) is 25.1. The van der Waals surface area contributed by atoms with Gasteiger partial charge < -0.3 is 20.3 Å². The van der Waals surface area contributed by atoms with E-state index < -0.39 is 18.2 Å². The van der Waals surface area contributed by atoms with Crippen molar-refractivity contribution in [2.45, 2.75) is 58.2 Å². The van der Waals surface area contributed by atoms with Gasteiger partial charge in [-0.15, -0.1) is 0 Å². The number of carbonyl (C=O) groups is 2. The summed E-state index contributed by atoms with van der Waals surface area (Å²) in [7, 11) is 0. The van der Waals surface area contributed by atoms with Crippen LogP contribution in [0.15, 0.2) is 66.9 Å². The Morgan fingerprint density at radius 1 is 1.25 bits per heavy atom. The minimum absolute atomic E-state index is 0.000482. The molecule has 1 amide bonds. The molecule has 0 radical (unpaired) electrons. The summed E-state index contributed by atoms with van der Waals surface area (Å²) in [4.78, 5) is 24.6. The number of rotatable bonds is 6. The molecule has 0 bridgehead atoms. The molecule has 6 nitrogen and oxygen atoms in total. The van der Waals surface area contributed by atoms with Crippen LogP contribution in [0, 0.1) is 5.92 Å². The van der Waals surface area contributed by atoms with Gasteiger partial charge in [-0.2, -0.15) is 0 Å². The van der Waals surface area contributed by atoms with Gasteiger partial charge in [0.1, 0.15) is 17.4 Å². The molecule has 0 spiro atoms. The van der Waals surface area contributed by atoms with Crippen LogP contribution in [0.4, 0.5) is 0 Å². The van der Waals surface area contributed by atoms with Crippen molar-refractivity contribution >= 4 is 11.9 Å². The molecular formula is C26H33NO5. The predicted octanol–water partition coefficient (Wildman–Crippen LogP) is 4.35. The van der Waals surface area contributed by atoms with Crippen LogP contribution in [-0.2, 0) is 16.0 Å². The fraction of sp³-hybridized carbons (Fsp3) is 0.385. The van der Waals surface area contributed by atoms with Crippen molar-refractivity contribution < 1.29 is 24.5 Å². The number of aromatic hydroxyl groups is 1. The molecule has 1 aromatic rings. The van der Waals surface area contributed by atoms with Crippen LogP contribution in [0.1, 0.15) is 55.5 Å². The van der Waals surface area contributed by atoms with E-state index in [-0.39, 0.29) is 29.6 Å². The number of allylic oxidation sites excluding steroid dienone is 5. The van der Waals surface area contributed by atoms with E-state index in [4.69, 9.17) is 4.74 Å². The highest BCUT2D eigenvalue weighted by Crippen LogP contribution is 2.26. The average Bonchev–Trinajstić information content (AvgIpc) is 2.76. The summed E-state index contributed by atoms with van der Waals surface area (Å²) < 4.78 is 5.68. The Morgan fingerprint density at radius 3 is 2.84 bits per heavy atom. The molecule has 3 atom stereocenters. The van der Waals surface area contributed by atoms with E-state index in [1.165, 1.54) is 18.3 Å². The molecule has 2 rings (SSSR count). The van der Waals surface area contributed by atoms with Crippen molar-refractivity contribution in [3.05, 3.63) is 78.1 Å². The lowest BCUT2D eigenvalue weighted by molar-refractivity contribution is -0.115. The van der Waals surface area contributed by atoms with Gasteiger partial charge in [0.25, 0.3) is 0 Å². The van der Waals surface area contributed by atoms with Gasteiger partial charge >= 0.3 is 5.97 Å². The van der Waals surface area contributed by atoms with Gasteiger partial charge in [-0.1, -0.05) is 62.4 Å². The number of cyclic esters (lactones) is 1. The first-order valence-electron chi connectivity index (χ1n) is 11.1. The molecule has 1 aliphatic heterocycles. The monoisotopic (exact) mass is 439 g/mol. The Labute approximate surface area is 190 Å². The van der Waals surface area contributed by atoms with Crippen LogP contribution in [-0.4, -0.2) is 34.3 Å². The molecule has 0 saturated carbocycles. The zero-order valence-corrected chi connectivity index (χ0v) is 18.7. The summed E-state index contributed by atoms with van der Waals surface area (Å²) >= 11 is 0. The molecule has 32 heavy (non-hydrogen) atoms. The summed E-state index contributed by atoms with van der Waals surface area (Å²) in [6, 6.07) is 4.95. The van der Waals surface area contributed by atoms with Crippen LogP contribution in [0.2, 0.25) is 0 Å². The highest BCUT2D eigenvalue weighted by Gasteiger charge is 2.25. The van der Waals surface area contributed by atoms with Gasteiger partial charge in [-0.3, -0.25) is 4.79 Å². The summed E-state index contributed by atoms with van der Waals surface area (Å²) in [6.07, 6.45) is 15.3. The fourth-order valence-corrected chi connectivity index (χ4v) is 3.34. The van der Waals surface area contributed by atoms with Gasteiger partial charge in [0.05, 0.1) is 6.10 Å². The summed E-state index contributed by atoms with van der Waals surface area (Å²) in [5, 5.41) is 23.4. The van der Waals surface area contributed by atoms with Crippen LogP contribution >= 0.6 is 0 Å². The van der Waals surface area contributed by atoms with Gasteiger partial charge in [0.2, 0.25) is 5.91 Å². The number of nitrogens with one attached hydrogen (secondary N) is 1. The van der Waals surface area contributed by atoms with Crippen molar-refractivity contribution in [1.29, 1.82) is 0 Å². The summed E-state index contributed by atoms with van der Waals surface area (Å²) in [6.45, 7) is 3.96. The molecule has 0 aliphatic carbocycles. The van der Waals surface area contributed by atoms with E-state index >= 15 is 0 Å². The van der Waals surface area contributed by atoms with Crippen molar-refractivity contribution in [2.24, 2.45) is 5.92 Å². The molecular weight excluding hydrogens is 406 g/mol. The molecule has 1 aliphatic rings. The maximum atomic E-state index is 12.9. The SMILES string of the molecule is CC/C=C/C=C/C(=O)N/C=C/CC1CC(O)C(C)C/C=C\Cc2cccc(O)c2C(=O)O1. The van der Waals surface area contributed by atoms with Gasteiger partial charge in [0.15, 0.2) is 0 Å². The number of ether oxygens (including phenoxy) is 1. The minimum atomic E-state index is -0.656. The van der Waals surface area contributed by atoms with Crippen molar-refractivity contribution in [3.63, 3.8) is 0 Å². The number of hydrogen-bond donors (Lipinski definition) is 3. The first-order chi connectivity index (χ1) is 15.4. The number of benzene rings is 1. The molecule has 0 fully saturated rings. The van der Waals surface area contributed by atoms with Crippen molar-refractivity contribution in [3.8, 4) is 5.75 Å². The summed E-state index contributed by atoms with van der Waals surface area (Å²) in [5.41, 5.74) is 0.832. The minimum Gasteiger partial charge on any atom is -0.507 e. The Kier molecular flexibility index (Phi) is 10.5. The zero-order chi connectivity index (χ0) is 23.3.